The summed E-state index contributed by atoms with van der Waals surface area (Å²) < 4.78 is 28.9. The van der Waals surface area contributed by atoms with Gasteiger partial charge in [0, 0.05) is 26.6 Å². The molecule has 0 aromatic carbocycles. The lowest BCUT2D eigenvalue weighted by atomic mass is 9.97. The Kier molecular flexibility index (Phi) is 22.6. The van der Waals surface area contributed by atoms with Gasteiger partial charge in [0.25, 0.3) is 0 Å². The maximum atomic E-state index is 11.9. The highest BCUT2D eigenvalue weighted by Gasteiger charge is 2.36. The van der Waals surface area contributed by atoms with Crippen molar-refractivity contribution in [3.8, 4) is 0 Å². The summed E-state index contributed by atoms with van der Waals surface area (Å²) in [6.07, 6.45) is -0.133. The molecule has 0 spiro atoms. The highest BCUT2D eigenvalue weighted by molar-refractivity contribution is 7.58. The molecule has 0 aromatic rings. The Hall–Kier alpha value is 1.64. The van der Waals surface area contributed by atoms with Gasteiger partial charge in [-0.3, -0.25) is 9.13 Å². The normalized spacial score (nSPS) is 17.8. The van der Waals surface area contributed by atoms with Crippen LogP contribution in [0.1, 0.15) is 40.5 Å². The van der Waals surface area contributed by atoms with Crippen molar-refractivity contribution in [1.82, 2.24) is 0 Å². The molecule has 0 saturated heterocycles. The molecule has 0 aromatic heterocycles. The van der Waals surface area contributed by atoms with Crippen molar-refractivity contribution in [1.29, 1.82) is 0 Å². The van der Waals surface area contributed by atoms with Crippen LogP contribution in [0.25, 0.3) is 0 Å². The van der Waals surface area contributed by atoms with Gasteiger partial charge in [-0.2, -0.15) is 0 Å². The van der Waals surface area contributed by atoms with E-state index in [1.807, 2.05) is 35.0 Å². The number of hydrogen-bond acceptors (Lipinski definition) is 5. The van der Waals surface area contributed by atoms with E-state index in [1.54, 1.807) is 6.66 Å². The van der Waals surface area contributed by atoms with E-state index in [9.17, 15) is 19.3 Å². The molecule has 0 aliphatic rings. The molecule has 35 heavy (non-hydrogen) atoms. The van der Waals surface area contributed by atoms with E-state index in [2.05, 4.69) is 35.0 Å². The average molecular weight is 774 g/mol. The Balaban J connectivity index is -0.000000260. The Morgan fingerprint density at radius 1 is 0.714 bits per heavy atom. The molecule has 0 amide bonds. The predicted molar refractivity (Wildman–Crippen MR) is 137 cm³/mol. The molecule has 4 N–H and O–H groups in total. The van der Waals surface area contributed by atoms with E-state index in [1.165, 1.54) is 7.11 Å². The van der Waals surface area contributed by atoms with E-state index < -0.39 is 33.3 Å². The van der Waals surface area contributed by atoms with Crippen molar-refractivity contribution in [2.45, 2.75) is 64.8 Å². The minimum absolute atomic E-state index is 0. The first-order chi connectivity index (χ1) is 14.4. The highest BCUT2D eigenvalue weighted by Crippen LogP contribution is 2.43. The van der Waals surface area contributed by atoms with Gasteiger partial charge in [0.05, 0.1) is 54.6 Å². The third-order valence-corrected chi connectivity index (χ3v) is 8.29. The quantitative estimate of drug-likeness (QED) is 0.0879. The first-order valence-electron chi connectivity index (χ1n) is 11.6. The summed E-state index contributed by atoms with van der Waals surface area (Å²) in [5.41, 5.74) is 0. The fraction of sp³-hybridized carbons (Fsp3) is 1.00. The molecule has 0 radical (unpaired) electrons. The predicted octanol–water partition coefficient (Wildman–Crippen LogP) is -3.32. The lowest BCUT2D eigenvalue weighted by Gasteiger charge is -2.38. The SMILES string of the molecule is CC(C)C[C@@H]([C@@H](O)CP(=O)(O)O)[N+](C)(C)C.COP(C)(=O)C[C@H](O)[C@H](CC(C)C)[N+](C)(C)C.[I-].[I-]. The molecule has 0 rings (SSSR count). The Labute approximate surface area is 249 Å². The standard InChI is InChI=1S/C12H29NO3P.C10H24NO4P.2HI/c1-10(2)8-11(13(3,4)5)12(14)9-17(7,15)16-6;1-8(2)6-9(11(3,4)5)10(12)7-16(13,14)15;;/h10-12,14H,8-9H2,1-7H3;8-10,12H,6-7H2,1-5H3,(H-,13,14,15);2*1H/q+1;;;/p-1/t11-,12-,17?;9-,10-;;/m00../s1. The van der Waals surface area contributed by atoms with Gasteiger partial charge < -0.3 is 81.4 Å². The molecule has 0 aliphatic heterocycles. The smallest absolute Gasteiger partial charge is 0.328 e. The average Bonchev–Trinajstić information content (AvgIpc) is 2.53. The number of likely N-dealkylation sites (N-methyl/N-ethyl adjacent to an activating group) is 2. The van der Waals surface area contributed by atoms with E-state index in [0.29, 0.717) is 20.8 Å². The van der Waals surface area contributed by atoms with Gasteiger partial charge in [-0.05, 0) is 11.8 Å². The Morgan fingerprint density at radius 2 is 1.00 bits per heavy atom. The lowest BCUT2D eigenvalue weighted by Crippen LogP contribution is -3.00. The molecule has 0 saturated carbocycles. The van der Waals surface area contributed by atoms with Gasteiger partial charge in [0.15, 0.2) is 0 Å². The third-order valence-electron chi connectivity index (χ3n) is 5.63. The van der Waals surface area contributed by atoms with E-state index in [4.69, 9.17) is 14.3 Å². The fourth-order valence-corrected chi connectivity index (χ4v) is 5.65. The molecule has 9 nitrogen and oxygen atoms in total. The first kappa shape index (κ1) is 43.7. The Bertz CT molecular complexity index is 651. The largest absolute Gasteiger partial charge is 1.00 e. The highest BCUT2D eigenvalue weighted by atomic mass is 127. The molecule has 5 atom stereocenters. The van der Waals surface area contributed by atoms with Gasteiger partial charge in [-0.1, -0.05) is 27.7 Å². The summed E-state index contributed by atoms with van der Waals surface area (Å²) in [6, 6.07) is -0.0777. The van der Waals surface area contributed by atoms with Crippen LogP contribution in [0.15, 0.2) is 0 Å². The maximum Gasteiger partial charge on any atom is 0.328 e. The van der Waals surface area contributed by atoms with Gasteiger partial charge in [-0.25, -0.2) is 0 Å². The topological polar surface area (TPSA) is 124 Å². The second-order valence-electron chi connectivity index (χ2n) is 12.0. The van der Waals surface area contributed by atoms with Crippen LogP contribution in [-0.2, 0) is 13.7 Å². The summed E-state index contributed by atoms with van der Waals surface area (Å²) in [5, 5.41) is 20.2. The van der Waals surface area contributed by atoms with E-state index >= 15 is 0 Å². The molecule has 1 unspecified atom stereocenters. The number of hydrogen-bond donors (Lipinski definition) is 4. The van der Waals surface area contributed by atoms with E-state index in [-0.39, 0.29) is 66.2 Å². The van der Waals surface area contributed by atoms with Gasteiger partial charge in [0.2, 0.25) is 7.37 Å². The molecule has 13 heteroatoms. The minimum Gasteiger partial charge on any atom is -1.00 e. The van der Waals surface area contributed by atoms with Crippen molar-refractivity contribution in [3.05, 3.63) is 0 Å². The van der Waals surface area contributed by atoms with Crippen LogP contribution in [0.5, 0.6) is 0 Å². The van der Waals surface area contributed by atoms with Crippen molar-refractivity contribution in [2.24, 2.45) is 11.8 Å². The van der Waals surface area contributed by atoms with Crippen LogP contribution in [0.4, 0.5) is 0 Å². The second-order valence-corrected chi connectivity index (χ2v) is 16.4. The van der Waals surface area contributed by atoms with Crippen LogP contribution < -0.4 is 48.0 Å². The van der Waals surface area contributed by atoms with Gasteiger partial charge in [-0.15, -0.1) is 0 Å². The number of quaternary nitrogens is 2. The molecular formula is C22H54I2N2O7P2. The van der Waals surface area contributed by atoms with Crippen LogP contribution >= 0.6 is 15.0 Å². The zero-order valence-electron chi connectivity index (χ0n) is 23.9. The molecule has 218 valence electrons. The van der Waals surface area contributed by atoms with Crippen LogP contribution in [0.2, 0.25) is 0 Å². The molecular weight excluding hydrogens is 720 g/mol. The lowest BCUT2D eigenvalue weighted by molar-refractivity contribution is -0.900. The summed E-state index contributed by atoms with van der Waals surface area (Å²) >= 11 is 0. The van der Waals surface area contributed by atoms with Crippen molar-refractivity contribution < 1.29 is 90.6 Å². The van der Waals surface area contributed by atoms with E-state index in [0.717, 1.165) is 12.8 Å². The zero-order valence-corrected chi connectivity index (χ0v) is 30.0. The maximum absolute atomic E-state index is 11.9. The van der Waals surface area contributed by atoms with Crippen LogP contribution in [0, 0.1) is 11.8 Å². The summed E-state index contributed by atoms with van der Waals surface area (Å²) in [5.74, 6) is 0.888. The number of rotatable bonds is 13. The number of halogens is 2. The third kappa shape index (κ3) is 22.2. The summed E-state index contributed by atoms with van der Waals surface area (Å²) in [7, 11) is 6.59. The summed E-state index contributed by atoms with van der Waals surface area (Å²) in [6.45, 7) is 9.92. The second kappa shape index (κ2) is 18.1. The number of aliphatic hydroxyl groups excluding tert-OH is 2. The van der Waals surface area contributed by atoms with Crippen molar-refractivity contribution >= 4 is 15.0 Å². The van der Waals surface area contributed by atoms with Crippen LogP contribution in [0.3, 0.4) is 0 Å². The fourth-order valence-electron chi connectivity index (χ4n) is 3.85. The summed E-state index contributed by atoms with van der Waals surface area (Å²) in [4.78, 5) is 17.8. The molecule has 0 aliphatic carbocycles. The number of aliphatic hydroxyl groups is 2. The minimum atomic E-state index is -4.15. The zero-order chi connectivity index (χ0) is 27.0. The monoisotopic (exact) mass is 774 g/mol. The Morgan fingerprint density at radius 3 is 1.20 bits per heavy atom. The molecule has 0 fully saturated rings. The van der Waals surface area contributed by atoms with Crippen molar-refractivity contribution in [2.75, 3.05) is 68.4 Å². The molecule has 0 heterocycles. The van der Waals surface area contributed by atoms with Gasteiger partial charge >= 0.3 is 7.60 Å². The van der Waals surface area contributed by atoms with Crippen LogP contribution in [-0.4, -0.2) is 122 Å². The van der Waals surface area contributed by atoms with Gasteiger partial charge in [0.1, 0.15) is 24.3 Å². The van der Waals surface area contributed by atoms with Crippen molar-refractivity contribution in [3.63, 3.8) is 0 Å². The number of nitrogens with zero attached hydrogens (tertiary/aromatic N) is 2. The molecule has 0 bridgehead atoms. The first-order valence-corrected chi connectivity index (χ1v) is 15.6.